The highest BCUT2D eigenvalue weighted by molar-refractivity contribution is 5.81. The minimum atomic E-state index is -0.543. The van der Waals surface area contributed by atoms with Crippen molar-refractivity contribution in [2.45, 2.75) is 53.7 Å². The van der Waals surface area contributed by atoms with E-state index in [1.807, 2.05) is 39.0 Å². The summed E-state index contributed by atoms with van der Waals surface area (Å²) in [6, 6.07) is 12.1. The third-order valence-corrected chi connectivity index (χ3v) is 4.48. The number of carbonyl (C=O) groups excluding carboxylic acids is 1. The van der Waals surface area contributed by atoms with Gasteiger partial charge in [0.25, 0.3) is 5.91 Å². The van der Waals surface area contributed by atoms with Crippen molar-refractivity contribution in [2.24, 2.45) is 0 Å². The molecule has 0 saturated carbocycles. The Morgan fingerprint density at radius 3 is 2.38 bits per heavy atom. The largest absolute Gasteiger partial charge is 0.481 e. The first kappa shape index (κ1) is 18.1. The summed E-state index contributed by atoms with van der Waals surface area (Å²) in [5.74, 6) is 0.653. The lowest BCUT2D eigenvalue weighted by Gasteiger charge is -2.21. The van der Waals surface area contributed by atoms with E-state index < -0.39 is 6.10 Å². The maximum absolute atomic E-state index is 12.5. The van der Waals surface area contributed by atoms with Crippen LogP contribution in [0.25, 0.3) is 0 Å². The normalized spacial score (nSPS) is 13.2. The van der Waals surface area contributed by atoms with Crippen molar-refractivity contribution in [1.82, 2.24) is 5.32 Å². The summed E-state index contributed by atoms with van der Waals surface area (Å²) in [5.41, 5.74) is 5.77. The van der Waals surface area contributed by atoms with E-state index in [0.29, 0.717) is 0 Å². The zero-order valence-corrected chi connectivity index (χ0v) is 15.4. The Balaban J connectivity index is 2.04. The molecule has 0 aromatic heterocycles. The van der Waals surface area contributed by atoms with Crippen LogP contribution in [0, 0.1) is 27.7 Å². The van der Waals surface area contributed by atoms with Gasteiger partial charge in [-0.2, -0.15) is 0 Å². The van der Waals surface area contributed by atoms with E-state index in [1.165, 1.54) is 11.1 Å². The second-order valence-corrected chi connectivity index (χ2v) is 6.55. The van der Waals surface area contributed by atoms with Crippen LogP contribution in [-0.2, 0) is 4.79 Å². The molecule has 3 heteroatoms. The van der Waals surface area contributed by atoms with Gasteiger partial charge in [0.15, 0.2) is 6.10 Å². The monoisotopic (exact) mass is 325 g/mol. The van der Waals surface area contributed by atoms with Crippen molar-refractivity contribution in [3.8, 4) is 5.75 Å². The van der Waals surface area contributed by atoms with Gasteiger partial charge >= 0.3 is 0 Å². The second kappa shape index (κ2) is 7.52. The van der Waals surface area contributed by atoms with Crippen LogP contribution < -0.4 is 10.1 Å². The van der Waals surface area contributed by atoms with Gasteiger partial charge in [-0.3, -0.25) is 4.79 Å². The molecule has 1 amide bonds. The predicted molar refractivity (Wildman–Crippen MR) is 98.5 cm³/mol. The van der Waals surface area contributed by atoms with Crippen LogP contribution in [0.5, 0.6) is 5.75 Å². The molecule has 0 fully saturated rings. The van der Waals surface area contributed by atoms with Crippen molar-refractivity contribution >= 4 is 5.91 Å². The van der Waals surface area contributed by atoms with Gasteiger partial charge in [0.2, 0.25) is 0 Å². The Kier molecular flexibility index (Phi) is 5.66. The molecule has 2 aromatic carbocycles. The Labute approximate surface area is 145 Å². The highest BCUT2D eigenvalue weighted by atomic mass is 16.5. The highest BCUT2D eigenvalue weighted by Crippen LogP contribution is 2.22. The SMILES string of the molecule is Cc1ccc([C@H](C)NC(=O)[C@H](C)Oc2cccc(C)c2C)c(C)c1. The number of hydrogen-bond donors (Lipinski definition) is 1. The number of rotatable bonds is 5. The number of carbonyl (C=O) groups is 1. The van der Waals surface area contributed by atoms with Crippen LogP contribution in [0.3, 0.4) is 0 Å². The summed E-state index contributed by atoms with van der Waals surface area (Å²) in [6.45, 7) is 12.0. The van der Waals surface area contributed by atoms with Gasteiger partial charge in [-0.25, -0.2) is 0 Å². The van der Waals surface area contributed by atoms with Crippen molar-refractivity contribution in [1.29, 1.82) is 0 Å². The van der Waals surface area contributed by atoms with Gasteiger partial charge in [-0.15, -0.1) is 0 Å². The van der Waals surface area contributed by atoms with E-state index in [-0.39, 0.29) is 11.9 Å². The fraction of sp³-hybridized carbons (Fsp3) is 0.381. The molecule has 2 rings (SSSR count). The Morgan fingerprint density at radius 1 is 1.00 bits per heavy atom. The summed E-state index contributed by atoms with van der Waals surface area (Å²) in [5, 5.41) is 3.05. The Hall–Kier alpha value is -2.29. The predicted octanol–water partition coefficient (Wildman–Crippen LogP) is 4.56. The van der Waals surface area contributed by atoms with E-state index in [4.69, 9.17) is 4.74 Å². The average molecular weight is 325 g/mol. The molecule has 0 spiro atoms. The van der Waals surface area contributed by atoms with Gasteiger partial charge in [0.05, 0.1) is 6.04 Å². The molecule has 0 radical (unpaired) electrons. The van der Waals surface area contributed by atoms with Crippen molar-refractivity contribution in [2.75, 3.05) is 0 Å². The van der Waals surface area contributed by atoms with Gasteiger partial charge < -0.3 is 10.1 Å². The van der Waals surface area contributed by atoms with Gasteiger partial charge in [0, 0.05) is 0 Å². The molecule has 0 aliphatic carbocycles. The first-order chi connectivity index (χ1) is 11.3. The summed E-state index contributed by atoms with van der Waals surface area (Å²) in [7, 11) is 0. The van der Waals surface area contributed by atoms with Gasteiger partial charge in [0.1, 0.15) is 5.75 Å². The lowest BCUT2D eigenvalue weighted by molar-refractivity contribution is -0.127. The van der Waals surface area contributed by atoms with Gasteiger partial charge in [-0.05, 0) is 69.9 Å². The Bertz CT molecular complexity index is 737. The summed E-state index contributed by atoms with van der Waals surface area (Å²) in [4.78, 5) is 12.5. The van der Waals surface area contributed by atoms with Crippen molar-refractivity contribution in [3.05, 3.63) is 64.2 Å². The zero-order valence-electron chi connectivity index (χ0n) is 15.4. The fourth-order valence-corrected chi connectivity index (χ4v) is 2.82. The van der Waals surface area contributed by atoms with Crippen LogP contribution in [0.15, 0.2) is 36.4 Å². The molecule has 0 aliphatic heterocycles. The lowest BCUT2D eigenvalue weighted by atomic mass is 10.00. The van der Waals surface area contributed by atoms with Crippen LogP contribution in [0.2, 0.25) is 0 Å². The van der Waals surface area contributed by atoms with Crippen LogP contribution in [-0.4, -0.2) is 12.0 Å². The smallest absolute Gasteiger partial charge is 0.261 e. The molecule has 1 N–H and O–H groups in total. The van der Waals surface area contributed by atoms with Crippen LogP contribution in [0.4, 0.5) is 0 Å². The number of nitrogens with one attached hydrogen (secondary N) is 1. The summed E-state index contributed by atoms with van der Waals surface area (Å²) in [6.07, 6.45) is -0.543. The van der Waals surface area contributed by atoms with Crippen LogP contribution >= 0.6 is 0 Å². The maximum atomic E-state index is 12.5. The number of aryl methyl sites for hydroxylation is 3. The quantitative estimate of drug-likeness (QED) is 0.875. The maximum Gasteiger partial charge on any atom is 0.261 e. The fourth-order valence-electron chi connectivity index (χ4n) is 2.82. The number of ether oxygens (including phenoxy) is 1. The molecule has 0 heterocycles. The molecular weight excluding hydrogens is 298 g/mol. The first-order valence-corrected chi connectivity index (χ1v) is 8.40. The topological polar surface area (TPSA) is 38.3 Å². The van der Waals surface area contributed by atoms with Crippen LogP contribution in [0.1, 0.15) is 47.7 Å². The second-order valence-electron chi connectivity index (χ2n) is 6.55. The number of amides is 1. The van der Waals surface area contributed by atoms with E-state index in [2.05, 4.69) is 37.4 Å². The van der Waals surface area contributed by atoms with Gasteiger partial charge in [-0.1, -0.05) is 35.9 Å². The third-order valence-electron chi connectivity index (χ3n) is 4.48. The minimum Gasteiger partial charge on any atom is -0.481 e. The molecule has 24 heavy (non-hydrogen) atoms. The standard InChI is InChI=1S/C21H27NO2/c1-13-10-11-19(15(3)12-13)17(5)22-21(23)18(6)24-20-9-7-8-14(2)16(20)4/h7-12,17-18H,1-6H3,(H,22,23)/t17-,18-/m0/s1. The minimum absolute atomic E-state index is 0.0530. The molecular formula is C21H27NO2. The highest BCUT2D eigenvalue weighted by Gasteiger charge is 2.19. The molecule has 3 nitrogen and oxygen atoms in total. The van der Waals surface area contributed by atoms with Crippen molar-refractivity contribution in [3.63, 3.8) is 0 Å². The van der Waals surface area contributed by atoms with E-state index in [1.54, 1.807) is 6.92 Å². The molecule has 0 aliphatic rings. The van der Waals surface area contributed by atoms with E-state index in [9.17, 15) is 4.79 Å². The zero-order chi connectivity index (χ0) is 17.9. The summed E-state index contributed by atoms with van der Waals surface area (Å²) < 4.78 is 5.86. The molecule has 0 unspecified atom stereocenters. The first-order valence-electron chi connectivity index (χ1n) is 8.40. The molecule has 0 bridgehead atoms. The summed E-state index contributed by atoms with van der Waals surface area (Å²) >= 11 is 0. The molecule has 128 valence electrons. The van der Waals surface area contributed by atoms with E-state index in [0.717, 1.165) is 22.4 Å². The molecule has 2 aromatic rings. The third kappa shape index (κ3) is 4.16. The molecule has 0 saturated heterocycles. The lowest BCUT2D eigenvalue weighted by Crippen LogP contribution is -2.38. The molecule has 2 atom stereocenters. The van der Waals surface area contributed by atoms with E-state index >= 15 is 0 Å². The Morgan fingerprint density at radius 2 is 1.71 bits per heavy atom. The number of benzene rings is 2. The number of hydrogen-bond acceptors (Lipinski definition) is 2. The average Bonchev–Trinajstić information content (AvgIpc) is 2.51. The van der Waals surface area contributed by atoms with Crippen molar-refractivity contribution < 1.29 is 9.53 Å².